The minimum absolute atomic E-state index is 0.0690. The van der Waals surface area contributed by atoms with Crippen LogP contribution < -0.4 is 15.5 Å². The Hall–Kier alpha value is -2.64. The molecule has 0 radical (unpaired) electrons. The molecule has 25 heavy (non-hydrogen) atoms. The van der Waals surface area contributed by atoms with Gasteiger partial charge in [-0.1, -0.05) is 0 Å². The number of hydrogen-bond acceptors (Lipinski definition) is 3. The molecule has 2 rings (SSSR count). The van der Waals surface area contributed by atoms with Crippen molar-refractivity contribution in [3.8, 4) is 0 Å². The zero-order chi connectivity index (χ0) is 18.6. The Morgan fingerprint density at radius 3 is 2.64 bits per heavy atom. The van der Waals surface area contributed by atoms with Gasteiger partial charge < -0.3 is 20.6 Å². The van der Waals surface area contributed by atoms with E-state index < -0.39 is 23.4 Å². The summed E-state index contributed by atoms with van der Waals surface area (Å²) in [6.07, 6.45) is 1.31. The second-order valence-corrected chi connectivity index (χ2v) is 6.67. The number of halogens is 1. The van der Waals surface area contributed by atoms with Crippen LogP contribution in [0.3, 0.4) is 0 Å². The fraction of sp³-hybridized carbons (Fsp3) is 0.471. The molecule has 1 aliphatic rings. The SMILES string of the molecule is CC(C)(CCC(=O)O)NC(=O)Nc1ccc(N2CCCC2=O)c(F)c1. The van der Waals surface area contributed by atoms with E-state index in [1.807, 2.05) is 0 Å². The predicted molar refractivity (Wildman–Crippen MR) is 91.1 cm³/mol. The number of urea groups is 1. The molecule has 0 saturated carbocycles. The van der Waals surface area contributed by atoms with E-state index in [1.54, 1.807) is 13.8 Å². The Labute approximate surface area is 145 Å². The average Bonchev–Trinajstić information content (AvgIpc) is 2.91. The Kier molecular flexibility index (Phi) is 5.61. The van der Waals surface area contributed by atoms with Gasteiger partial charge in [0.25, 0.3) is 0 Å². The second kappa shape index (κ2) is 7.50. The van der Waals surface area contributed by atoms with Crippen LogP contribution in [0, 0.1) is 5.82 Å². The van der Waals surface area contributed by atoms with E-state index in [0.717, 1.165) is 6.07 Å². The molecule has 7 nitrogen and oxygen atoms in total. The van der Waals surface area contributed by atoms with E-state index >= 15 is 0 Å². The van der Waals surface area contributed by atoms with Gasteiger partial charge in [-0.3, -0.25) is 9.59 Å². The van der Waals surface area contributed by atoms with Gasteiger partial charge in [0.05, 0.1) is 5.69 Å². The lowest BCUT2D eigenvalue weighted by Crippen LogP contribution is -2.45. The van der Waals surface area contributed by atoms with Crippen molar-refractivity contribution in [3.63, 3.8) is 0 Å². The zero-order valence-electron chi connectivity index (χ0n) is 14.3. The second-order valence-electron chi connectivity index (χ2n) is 6.67. The topological polar surface area (TPSA) is 98.7 Å². The normalized spacial score (nSPS) is 14.5. The number of carboxylic acids is 1. The molecule has 0 aliphatic carbocycles. The highest BCUT2D eigenvalue weighted by Gasteiger charge is 2.25. The molecule has 0 unspecified atom stereocenters. The highest BCUT2D eigenvalue weighted by Crippen LogP contribution is 2.26. The molecule has 136 valence electrons. The zero-order valence-corrected chi connectivity index (χ0v) is 14.3. The summed E-state index contributed by atoms with van der Waals surface area (Å²) < 4.78 is 14.2. The molecule has 0 aromatic heterocycles. The molecule has 1 aromatic carbocycles. The third kappa shape index (κ3) is 5.17. The van der Waals surface area contributed by atoms with Gasteiger partial charge in [-0.15, -0.1) is 0 Å². The van der Waals surface area contributed by atoms with Crippen molar-refractivity contribution in [2.75, 3.05) is 16.8 Å². The van der Waals surface area contributed by atoms with E-state index in [2.05, 4.69) is 10.6 Å². The molecule has 1 saturated heterocycles. The molecular formula is C17H22FN3O4. The summed E-state index contributed by atoms with van der Waals surface area (Å²) in [6, 6.07) is 3.59. The van der Waals surface area contributed by atoms with Crippen LogP contribution in [0.15, 0.2) is 18.2 Å². The van der Waals surface area contributed by atoms with E-state index in [0.29, 0.717) is 19.4 Å². The van der Waals surface area contributed by atoms with Gasteiger partial charge in [-0.2, -0.15) is 0 Å². The fourth-order valence-corrected chi connectivity index (χ4v) is 2.66. The first-order valence-electron chi connectivity index (χ1n) is 8.09. The molecule has 8 heteroatoms. The van der Waals surface area contributed by atoms with Crippen molar-refractivity contribution in [1.82, 2.24) is 5.32 Å². The van der Waals surface area contributed by atoms with Gasteiger partial charge in [0.2, 0.25) is 5.91 Å². The van der Waals surface area contributed by atoms with Crippen molar-refractivity contribution in [2.45, 2.75) is 45.1 Å². The van der Waals surface area contributed by atoms with Crippen molar-refractivity contribution in [3.05, 3.63) is 24.0 Å². The summed E-state index contributed by atoms with van der Waals surface area (Å²) in [5.74, 6) is -1.64. The molecule has 1 heterocycles. The summed E-state index contributed by atoms with van der Waals surface area (Å²) in [4.78, 5) is 35.7. The molecule has 3 amide bonds. The number of nitrogens with zero attached hydrogens (tertiary/aromatic N) is 1. The van der Waals surface area contributed by atoms with Crippen molar-refractivity contribution in [1.29, 1.82) is 0 Å². The highest BCUT2D eigenvalue weighted by molar-refractivity contribution is 5.96. The minimum Gasteiger partial charge on any atom is -0.481 e. The Morgan fingerprint density at radius 2 is 2.08 bits per heavy atom. The molecule has 3 N–H and O–H groups in total. The molecule has 0 bridgehead atoms. The first kappa shape index (κ1) is 18.7. The first-order valence-corrected chi connectivity index (χ1v) is 8.09. The fourth-order valence-electron chi connectivity index (χ4n) is 2.66. The minimum atomic E-state index is -0.940. The van der Waals surface area contributed by atoms with Crippen LogP contribution >= 0.6 is 0 Å². The van der Waals surface area contributed by atoms with E-state index in [1.165, 1.54) is 17.0 Å². The Bertz CT molecular complexity index is 690. The predicted octanol–water partition coefficient (Wildman–Crippen LogP) is 2.72. The lowest BCUT2D eigenvalue weighted by molar-refractivity contribution is -0.137. The third-order valence-corrected chi connectivity index (χ3v) is 3.99. The maximum absolute atomic E-state index is 14.2. The van der Waals surface area contributed by atoms with E-state index in [4.69, 9.17) is 5.11 Å². The lowest BCUT2D eigenvalue weighted by atomic mass is 9.99. The standard InChI is InChI=1S/C17H22FN3O4/c1-17(2,8-7-15(23)24)20-16(25)19-11-5-6-13(12(18)10-11)21-9-3-4-14(21)22/h5-6,10H,3-4,7-9H2,1-2H3,(H,23,24)(H2,19,20,25). The van der Waals surface area contributed by atoms with Gasteiger partial charge in [0.15, 0.2) is 0 Å². The van der Waals surface area contributed by atoms with Gasteiger partial charge in [0, 0.05) is 30.6 Å². The summed E-state index contributed by atoms with van der Waals surface area (Å²) in [6.45, 7) is 3.90. The van der Waals surface area contributed by atoms with Crippen LogP contribution in [0.1, 0.15) is 39.5 Å². The molecule has 1 aliphatic heterocycles. The number of amides is 3. The molecule has 0 atom stereocenters. The quantitative estimate of drug-likeness (QED) is 0.734. The van der Waals surface area contributed by atoms with Gasteiger partial charge >= 0.3 is 12.0 Å². The molecule has 0 spiro atoms. The Balaban J connectivity index is 1.98. The maximum atomic E-state index is 14.2. The van der Waals surface area contributed by atoms with Gasteiger partial charge in [-0.25, -0.2) is 9.18 Å². The number of hydrogen-bond donors (Lipinski definition) is 3. The van der Waals surface area contributed by atoms with Crippen molar-refractivity contribution in [2.24, 2.45) is 0 Å². The number of carboxylic acid groups (broad SMARTS) is 1. The molecule has 1 aromatic rings. The monoisotopic (exact) mass is 351 g/mol. The maximum Gasteiger partial charge on any atom is 0.319 e. The largest absolute Gasteiger partial charge is 0.481 e. The number of anilines is 2. The number of benzene rings is 1. The van der Waals surface area contributed by atoms with Crippen molar-refractivity contribution < 1.29 is 23.9 Å². The van der Waals surface area contributed by atoms with Crippen LogP contribution in [0.25, 0.3) is 0 Å². The Morgan fingerprint density at radius 1 is 1.36 bits per heavy atom. The third-order valence-electron chi connectivity index (χ3n) is 3.99. The number of carbonyl (C=O) groups is 3. The molecule has 1 fully saturated rings. The smallest absolute Gasteiger partial charge is 0.319 e. The summed E-state index contributed by atoms with van der Waals surface area (Å²) in [5, 5.41) is 13.9. The number of nitrogens with one attached hydrogen (secondary N) is 2. The number of aliphatic carboxylic acids is 1. The summed E-state index contributed by atoms with van der Waals surface area (Å²) in [5.41, 5.74) is -0.266. The van der Waals surface area contributed by atoms with Crippen LogP contribution in [0.5, 0.6) is 0 Å². The van der Waals surface area contributed by atoms with E-state index in [-0.39, 0.29) is 30.1 Å². The number of carbonyl (C=O) groups excluding carboxylic acids is 2. The van der Waals surface area contributed by atoms with Crippen LogP contribution in [0.4, 0.5) is 20.6 Å². The highest BCUT2D eigenvalue weighted by atomic mass is 19.1. The molecular weight excluding hydrogens is 329 g/mol. The lowest BCUT2D eigenvalue weighted by Gasteiger charge is -2.25. The summed E-state index contributed by atoms with van der Waals surface area (Å²) in [7, 11) is 0. The van der Waals surface area contributed by atoms with Gasteiger partial charge in [-0.05, 0) is 44.9 Å². The number of rotatable bonds is 6. The van der Waals surface area contributed by atoms with Crippen LogP contribution in [0.2, 0.25) is 0 Å². The van der Waals surface area contributed by atoms with E-state index in [9.17, 15) is 18.8 Å². The first-order chi connectivity index (χ1) is 11.7. The van der Waals surface area contributed by atoms with Crippen LogP contribution in [-0.2, 0) is 9.59 Å². The van der Waals surface area contributed by atoms with Crippen LogP contribution in [-0.4, -0.2) is 35.1 Å². The van der Waals surface area contributed by atoms with Gasteiger partial charge in [0.1, 0.15) is 5.82 Å². The van der Waals surface area contributed by atoms with Crippen molar-refractivity contribution >= 4 is 29.3 Å². The average molecular weight is 351 g/mol. The summed E-state index contributed by atoms with van der Waals surface area (Å²) >= 11 is 0.